The van der Waals surface area contributed by atoms with Gasteiger partial charge in [-0.2, -0.15) is 0 Å². The molecule has 0 spiro atoms. The van der Waals surface area contributed by atoms with Crippen molar-refractivity contribution < 1.29 is 14.2 Å². The number of ether oxygens (including phenoxy) is 3. The maximum atomic E-state index is 6.52. The molecule has 2 aromatic carbocycles. The van der Waals surface area contributed by atoms with E-state index in [2.05, 4.69) is 35.3 Å². The van der Waals surface area contributed by atoms with Gasteiger partial charge in [-0.1, -0.05) is 24.6 Å². The predicted molar refractivity (Wildman–Crippen MR) is 115 cm³/mol. The lowest BCUT2D eigenvalue weighted by molar-refractivity contribution is 0.122. The van der Waals surface area contributed by atoms with E-state index in [1.807, 2.05) is 25.1 Å². The van der Waals surface area contributed by atoms with E-state index < -0.39 is 0 Å². The lowest BCUT2D eigenvalue weighted by atomic mass is 10.2. The first-order chi connectivity index (χ1) is 13.7. The summed E-state index contributed by atoms with van der Waals surface area (Å²) in [5, 5.41) is 4.19. The van der Waals surface area contributed by atoms with E-state index in [-0.39, 0.29) is 0 Å². The van der Waals surface area contributed by atoms with Crippen LogP contribution in [0.25, 0.3) is 0 Å². The molecule has 0 aliphatic carbocycles. The van der Waals surface area contributed by atoms with Crippen LogP contribution < -0.4 is 19.7 Å². The second kappa shape index (κ2) is 10.4. The van der Waals surface area contributed by atoms with Gasteiger partial charge in [0.25, 0.3) is 0 Å². The number of rotatable bonds is 9. The molecule has 2 aromatic rings. The van der Waals surface area contributed by atoms with E-state index in [0.717, 1.165) is 66.2 Å². The first-order valence-electron chi connectivity index (χ1n) is 9.96. The zero-order chi connectivity index (χ0) is 19.8. The van der Waals surface area contributed by atoms with Gasteiger partial charge in [0, 0.05) is 25.3 Å². The number of nitrogens with zero attached hydrogens (tertiary/aromatic N) is 1. The first-order valence-corrected chi connectivity index (χ1v) is 10.3. The largest absolute Gasteiger partial charge is 0.490 e. The van der Waals surface area contributed by atoms with Gasteiger partial charge in [-0.05, 0) is 49.2 Å². The molecule has 0 saturated carbocycles. The topological polar surface area (TPSA) is 43.0 Å². The normalized spacial score (nSPS) is 14.0. The number of nitrogens with one attached hydrogen (secondary N) is 1. The molecule has 152 valence electrons. The summed E-state index contributed by atoms with van der Waals surface area (Å²) in [6.45, 7) is 9.29. The first kappa shape index (κ1) is 20.6. The van der Waals surface area contributed by atoms with Crippen molar-refractivity contribution in [2.75, 3.05) is 49.7 Å². The van der Waals surface area contributed by atoms with E-state index >= 15 is 0 Å². The smallest absolute Gasteiger partial charge is 0.161 e. The fraction of sp³-hybridized carbons (Fsp3) is 0.455. The van der Waals surface area contributed by atoms with E-state index in [9.17, 15) is 0 Å². The Morgan fingerprint density at radius 2 is 1.86 bits per heavy atom. The third kappa shape index (κ3) is 5.46. The Morgan fingerprint density at radius 1 is 1.04 bits per heavy atom. The van der Waals surface area contributed by atoms with Crippen molar-refractivity contribution >= 4 is 23.0 Å². The van der Waals surface area contributed by atoms with Gasteiger partial charge in [0.1, 0.15) is 0 Å². The van der Waals surface area contributed by atoms with Crippen LogP contribution in [0.15, 0.2) is 36.4 Å². The molecule has 0 aromatic heterocycles. The number of morpholine rings is 1. The van der Waals surface area contributed by atoms with E-state index in [4.69, 9.17) is 25.8 Å². The Labute approximate surface area is 172 Å². The maximum Gasteiger partial charge on any atom is 0.161 e. The van der Waals surface area contributed by atoms with Crippen molar-refractivity contribution in [2.24, 2.45) is 0 Å². The molecule has 0 bridgehead atoms. The molecule has 1 fully saturated rings. The second-order valence-electron chi connectivity index (χ2n) is 6.68. The van der Waals surface area contributed by atoms with Crippen LogP contribution in [0.4, 0.5) is 11.4 Å². The molecule has 0 amide bonds. The van der Waals surface area contributed by atoms with Gasteiger partial charge in [0.2, 0.25) is 0 Å². The Morgan fingerprint density at radius 3 is 2.57 bits per heavy atom. The molecule has 5 nitrogen and oxygen atoms in total. The van der Waals surface area contributed by atoms with Crippen molar-refractivity contribution in [2.45, 2.75) is 26.8 Å². The van der Waals surface area contributed by atoms with Crippen molar-refractivity contribution in [1.82, 2.24) is 0 Å². The van der Waals surface area contributed by atoms with Crippen LogP contribution in [0.5, 0.6) is 11.5 Å². The van der Waals surface area contributed by atoms with Gasteiger partial charge < -0.3 is 24.4 Å². The quantitative estimate of drug-likeness (QED) is 0.638. The average Bonchev–Trinajstić information content (AvgIpc) is 2.72. The third-order valence-corrected chi connectivity index (χ3v) is 4.87. The minimum absolute atomic E-state index is 0.609. The molecule has 0 radical (unpaired) electrons. The Balaban J connectivity index is 1.64. The molecular weight excluding hydrogens is 376 g/mol. The van der Waals surface area contributed by atoms with Crippen molar-refractivity contribution in [1.29, 1.82) is 0 Å². The lowest BCUT2D eigenvalue weighted by Gasteiger charge is -2.29. The molecule has 1 saturated heterocycles. The molecular formula is C22H29ClN2O3. The number of halogens is 1. The SMILES string of the molecule is CCCOc1ccc(CNc2ccc(N3CCOCC3)c(Cl)c2)cc1OCC. The van der Waals surface area contributed by atoms with Crippen LogP contribution in [0.2, 0.25) is 5.02 Å². The summed E-state index contributed by atoms with van der Waals surface area (Å²) in [6.07, 6.45) is 0.968. The second-order valence-corrected chi connectivity index (χ2v) is 7.09. The monoisotopic (exact) mass is 404 g/mol. The van der Waals surface area contributed by atoms with Gasteiger partial charge in [-0.25, -0.2) is 0 Å². The van der Waals surface area contributed by atoms with Crippen molar-refractivity contribution in [3.63, 3.8) is 0 Å². The van der Waals surface area contributed by atoms with Gasteiger partial charge in [-0.3, -0.25) is 0 Å². The van der Waals surface area contributed by atoms with Crippen molar-refractivity contribution in [3.05, 3.63) is 47.0 Å². The molecule has 0 atom stereocenters. The van der Waals surface area contributed by atoms with E-state index in [1.165, 1.54) is 0 Å². The highest BCUT2D eigenvalue weighted by Gasteiger charge is 2.14. The highest BCUT2D eigenvalue weighted by Crippen LogP contribution is 2.31. The van der Waals surface area contributed by atoms with Crippen LogP contribution in [0.3, 0.4) is 0 Å². The Bertz CT molecular complexity index is 763. The fourth-order valence-corrected chi connectivity index (χ4v) is 3.44. The Kier molecular flexibility index (Phi) is 7.69. The molecule has 6 heteroatoms. The van der Waals surface area contributed by atoms with Crippen LogP contribution in [0.1, 0.15) is 25.8 Å². The molecule has 28 heavy (non-hydrogen) atoms. The zero-order valence-corrected chi connectivity index (χ0v) is 17.4. The molecule has 1 heterocycles. The highest BCUT2D eigenvalue weighted by molar-refractivity contribution is 6.33. The number of hydrogen-bond donors (Lipinski definition) is 1. The summed E-state index contributed by atoms with van der Waals surface area (Å²) >= 11 is 6.52. The highest BCUT2D eigenvalue weighted by atomic mass is 35.5. The molecule has 1 aliphatic heterocycles. The minimum Gasteiger partial charge on any atom is -0.490 e. The summed E-state index contributed by atoms with van der Waals surface area (Å²) < 4.78 is 16.9. The number of hydrogen-bond acceptors (Lipinski definition) is 5. The minimum atomic E-state index is 0.609. The molecule has 3 rings (SSSR count). The summed E-state index contributed by atoms with van der Waals surface area (Å²) in [7, 11) is 0. The summed E-state index contributed by atoms with van der Waals surface area (Å²) in [5.41, 5.74) is 3.18. The average molecular weight is 405 g/mol. The summed E-state index contributed by atoms with van der Waals surface area (Å²) in [6, 6.07) is 12.2. The third-order valence-electron chi connectivity index (χ3n) is 4.57. The number of benzene rings is 2. The molecule has 0 unspecified atom stereocenters. The van der Waals surface area contributed by atoms with Gasteiger partial charge >= 0.3 is 0 Å². The van der Waals surface area contributed by atoms with Crippen molar-refractivity contribution in [3.8, 4) is 11.5 Å². The van der Waals surface area contributed by atoms with Gasteiger partial charge in [0.15, 0.2) is 11.5 Å². The Hall–Kier alpha value is -2.11. The fourth-order valence-electron chi connectivity index (χ4n) is 3.14. The van der Waals surface area contributed by atoms with Crippen LogP contribution in [-0.4, -0.2) is 39.5 Å². The van der Waals surface area contributed by atoms with E-state index in [1.54, 1.807) is 0 Å². The maximum absolute atomic E-state index is 6.52. The lowest BCUT2D eigenvalue weighted by Crippen LogP contribution is -2.36. The zero-order valence-electron chi connectivity index (χ0n) is 16.7. The van der Waals surface area contributed by atoms with Crippen LogP contribution in [-0.2, 0) is 11.3 Å². The summed E-state index contributed by atoms with van der Waals surface area (Å²) in [4.78, 5) is 2.26. The summed E-state index contributed by atoms with van der Waals surface area (Å²) in [5.74, 6) is 1.58. The van der Waals surface area contributed by atoms with Gasteiger partial charge in [0.05, 0.1) is 37.1 Å². The van der Waals surface area contributed by atoms with Crippen LogP contribution in [0, 0.1) is 0 Å². The molecule has 1 N–H and O–H groups in total. The predicted octanol–water partition coefficient (Wildman–Crippen LogP) is 4.98. The van der Waals surface area contributed by atoms with Gasteiger partial charge in [-0.15, -0.1) is 0 Å². The standard InChI is InChI=1S/C22H29ClN2O3/c1-3-11-28-21-8-5-17(14-22(21)27-4-2)16-24-18-6-7-20(19(23)15-18)25-9-12-26-13-10-25/h5-8,14-15,24H,3-4,9-13,16H2,1-2H3. The molecule has 1 aliphatic rings. The van der Waals surface area contributed by atoms with E-state index in [0.29, 0.717) is 19.8 Å². The van der Waals surface area contributed by atoms with Crippen LogP contribution >= 0.6 is 11.6 Å². The number of anilines is 2.